The van der Waals surface area contributed by atoms with Crippen LogP contribution in [0.5, 0.6) is 11.5 Å². The minimum atomic E-state index is -3.47. The lowest BCUT2D eigenvalue weighted by Gasteiger charge is -2.19. The third-order valence-corrected chi connectivity index (χ3v) is 6.19. The summed E-state index contributed by atoms with van der Waals surface area (Å²) in [6.07, 6.45) is 1.70. The van der Waals surface area contributed by atoms with Crippen LogP contribution in [0.1, 0.15) is 44.0 Å². The Kier molecular flexibility index (Phi) is 11.0. The molecule has 2 N–H and O–H groups in total. The van der Waals surface area contributed by atoms with E-state index in [9.17, 15) is 13.2 Å². The Balaban J connectivity index is 2.44. The first kappa shape index (κ1) is 25.2. The van der Waals surface area contributed by atoms with Gasteiger partial charge in [-0.1, -0.05) is 13.8 Å². The summed E-state index contributed by atoms with van der Waals surface area (Å²) in [5.74, 6) is 0.416. The van der Waals surface area contributed by atoms with Crippen molar-refractivity contribution in [2.45, 2.75) is 39.7 Å². The number of hydrogen-bond acceptors (Lipinski definition) is 6. The van der Waals surface area contributed by atoms with Crippen LogP contribution >= 0.6 is 0 Å². The van der Waals surface area contributed by atoms with Crippen LogP contribution in [0.2, 0.25) is 0 Å². The Bertz CT molecular complexity index is 736. The molecule has 1 amide bonds. The second-order valence-electron chi connectivity index (χ2n) is 6.83. The third kappa shape index (κ3) is 9.01. The Hall–Kier alpha value is -1.84. The first-order chi connectivity index (χ1) is 13.8. The van der Waals surface area contributed by atoms with E-state index in [0.717, 1.165) is 32.5 Å². The molecule has 0 spiro atoms. The number of rotatable bonds is 14. The standard InChI is InChI=1S/C20H35N3O5S/c1-6-23(7-2)13-8-9-16(3)22-29(25,26)14-12-21-20(24)17-10-11-18(27-4)19(15-17)28-5/h10-11,15-16,22H,6-9,12-14H2,1-5H3,(H,21,24)/t16-/m1/s1. The van der Waals surface area contributed by atoms with Crippen molar-refractivity contribution >= 4 is 15.9 Å². The van der Waals surface area contributed by atoms with E-state index in [4.69, 9.17) is 9.47 Å². The fourth-order valence-corrected chi connectivity index (χ4v) is 4.18. The van der Waals surface area contributed by atoms with Crippen molar-refractivity contribution < 1.29 is 22.7 Å². The van der Waals surface area contributed by atoms with E-state index in [0.29, 0.717) is 17.1 Å². The van der Waals surface area contributed by atoms with Gasteiger partial charge in [-0.3, -0.25) is 4.79 Å². The smallest absolute Gasteiger partial charge is 0.251 e. The van der Waals surface area contributed by atoms with Gasteiger partial charge >= 0.3 is 0 Å². The molecule has 29 heavy (non-hydrogen) atoms. The van der Waals surface area contributed by atoms with Crippen LogP contribution in [-0.4, -0.2) is 71.4 Å². The summed E-state index contributed by atoms with van der Waals surface area (Å²) in [4.78, 5) is 14.6. The highest BCUT2D eigenvalue weighted by atomic mass is 32.2. The molecule has 0 aromatic heterocycles. The zero-order chi connectivity index (χ0) is 21.9. The number of hydrogen-bond donors (Lipinski definition) is 2. The predicted molar refractivity (Wildman–Crippen MR) is 115 cm³/mol. The van der Waals surface area contributed by atoms with Crippen LogP contribution in [0.3, 0.4) is 0 Å². The molecule has 1 rings (SSSR count). The summed E-state index contributed by atoms with van der Waals surface area (Å²) in [5, 5.41) is 2.63. The van der Waals surface area contributed by atoms with Gasteiger partial charge in [0.1, 0.15) is 0 Å². The minimum Gasteiger partial charge on any atom is -0.493 e. The van der Waals surface area contributed by atoms with Crippen molar-refractivity contribution in [1.82, 2.24) is 14.9 Å². The van der Waals surface area contributed by atoms with E-state index < -0.39 is 10.0 Å². The predicted octanol–water partition coefficient (Wildman–Crippen LogP) is 1.86. The van der Waals surface area contributed by atoms with Gasteiger partial charge in [-0.05, 0) is 57.6 Å². The van der Waals surface area contributed by atoms with Crippen molar-refractivity contribution in [2.75, 3.05) is 46.2 Å². The molecule has 0 saturated carbocycles. The number of sulfonamides is 1. The average molecular weight is 430 g/mol. The number of carbonyl (C=O) groups excluding carboxylic acids is 1. The van der Waals surface area contributed by atoms with E-state index in [1.165, 1.54) is 14.2 Å². The van der Waals surface area contributed by atoms with Crippen LogP contribution in [0.15, 0.2) is 18.2 Å². The highest BCUT2D eigenvalue weighted by molar-refractivity contribution is 7.89. The largest absolute Gasteiger partial charge is 0.493 e. The molecule has 9 heteroatoms. The molecule has 0 heterocycles. The number of nitrogens with one attached hydrogen (secondary N) is 2. The second kappa shape index (κ2) is 12.7. The summed E-state index contributed by atoms with van der Waals surface area (Å²) in [7, 11) is -0.466. The molecule has 0 aliphatic rings. The van der Waals surface area contributed by atoms with Crippen molar-refractivity contribution in [3.63, 3.8) is 0 Å². The SMILES string of the molecule is CCN(CC)CCC[C@@H](C)NS(=O)(=O)CCNC(=O)c1ccc(OC)c(OC)c1. The van der Waals surface area contributed by atoms with Crippen molar-refractivity contribution in [2.24, 2.45) is 0 Å². The molecule has 0 aliphatic carbocycles. The number of carbonyl (C=O) groups is 1. The van der Waals surface area contributed by atoms with Crippen molar-refractivity contribution in [3.05, 3.63) is 23.8 Å². The Morgan fingerprint density at radius 3 is 2.38 bits per heavy atom. The van der Waals surface area contributed by atoms with Gasteiger partial charge in [-0.2, -0.15) is 0 Å². The van der Waals surface area contributed by atoms with Gasteiger partial charge in [0.15, 0.2) is 11.5 Å². The Morgan fingerprint density at radius 1 is 1.14 bits per heavy atom. The van der Waals surface area contributed by atoms with E-state index >= 15 is 0 Å². The molecule has 166 valence electrons. The monoisotopic (exact) mass is 429 g/mol. The molecule has 0 unspecified atom stereocenters. The number of amides is 1. The van der Waals surface area contributed by atoms with Crippen LogP contribution in [-0.2, 0) is 10.0 Å². The molecular formula is C20H35N3O5S. The van der Waals surface area contributed by atoms with Gasteiger partial charge in [0, 0.05) is 18.2 Å². The maximum absolute atomic E-state index is 12.3. The first-order valence-corrected chi connectivity index (χ1v) is 11.6. The van der Waals surface area contributed by atoms with E-state index in [-0.39, 0.29) is 24.2 Å². The third-order valence-electron chi connectivity index (χ3n) is 4.69. The van der Waals surface area contributed by atoms with Crippen LogP contribution in [0.4, 0.5) is 0 Å². The van der Waals surface area contributed by atoms with Gasteiger partial charge in [0.25, 0.3) is 5.91 Å². The molecule has 0 fully saturated rings. The molecule has 1 aromatic carbocycles. The van der Waals surface area contributed by atoms with Crippen LogP contribution in [0, 0.1) is 0 Å². The normalized spacial score (nSPS) is 12.6. The van der Waals surface area contributed by atoms with Crippen molar-refractivity contribution in [1.29, 1.82) is 0 Å². The van der Waals surface area contributed by atoms with Gasteiger partial charge in [-0.15, -0.1) is 0 Å². The molecule has 1 aromatic rings. The quantitative estimate of drug-likeness (QED) is 0.469. The van der Waals surface area contributed by atoms with Gasteiger partial charge in [0.05, 0.1) is 20.0 Å². The van der Waals surface area contributed by atoms with E-state index in [1.807, 2.05) is 6.92 Å². The van der Waals surface area contributed by atoms with Crippen LogP contribution in [0.25, 0.3) is 0 Å². The lowest BCUT2D eigenvalue weighted by Crippen LogP contribution is -2.38. The summed E-state index contributed by atoms with van der Waals surface area (Å²) in [6, 6.07) is 4.64. The molecule has 1 atom stereocenters. The fourth-order valence-electron chi connectivity index (χ4n) is 2.96. The average Bonchev–Trinajstić information content (AvgIpc) is 2.69. The number of nitrogens with zero attached hydrogens (tertiary/aromatic N) is 1. The molecule has 0 bridgehead atoms. The highest BCUT2D eigenvalue weighted by Gasteiger charge is 2.16. The Morgan fingerprint density at radius 2 is 1.79 bits per heavy atom. The molecule has 8 nitrogen and oxygen atoms in total. The first-order valence-electron chi connectivity index (χ1n) is 9.98. The maximum Gasteiger partial charge on any atom is 0.251 e. The summed E-state index contributed by atoms with van der Waals surface area (Å²) >= 11 is 0. The summed E-state index contributed by atoms with van der Waals surface area (Å²) in [6.45, 7) is 9.07. The molecular weight excluding hydrogens is 394 g/mol. The zero-order valence-electron chi connectivity index (χ0n) is 18.2. The van der Waals surface area contributed by atoms with E-state index in [2.05, 4.69) is 28.8 Å². The molecule has 0 aliphatic heterocycles. The fraction of sp³-hybridized carbons (Fsp3) is 0.650. The number of methoxy groups -OCH3 is 2. The summed E-state index contributed by atoms with van der Waals surface area (Å²) < 4.78 is 37.5. The highest BCUT2D eigenvalue weighted by Crippen LogP contribution is 2.27. The lowest BCUT2D eigenvalue weighted by atomic mass is 10.2. The summed E-state index contributed by atoms with van der Waals surface area (Å²) in [5.41, 5.74) is 0.373. The number of benzene rings is 1. The second-order valence-corrected chi connectivity index (χ2v) is 8.71. The minimum absolute atomic E-state index is 0.0225. The molecule has 0 radical (unpaired) electrons. The molecule has 0 saturated heterocycles. The topological polar surface area (TPSA) is 97.0 Å². The van der Waals surface area contributed by atoms with Gasteiger partial charge in [0.2, 0.25) is 10.0 Å². The zero-order valence-corrected chi connectivity index (χ0v) is 19.0. The van der Waals surface area contributed by atoms with Gasteiger partial charge in [-0.25, -0.2) is 13.1 Å². The lowest BCUT2D eigenvalue weighted by molar-refractivity contribution is 0.0955. The van der Waals surface area contributed by atoms with E-state index in [1.54, 1.807) is 18.2 Å². The Labute approximate surface area is 175 Å². The van der Waals surface area contributed by atoms with Crippen LogP contribution < -0.4 is 19.5 Å². The van der Waals surface area contributed by atoms with Gasteiger partial charge < -0.3 is 19.7 Å². The number of ether oxygens (including phenoxy) is 2. The van der Waals surface area contributed by atoms with Crippen molar-refractivity contribution in [3.8, 4) is 11.5 Å². The maximum atomic E-state index is 12.3.